The van der Waals surface area contributed by atoms with Crippen LogP contribution in [-0.2, 0) is 18.4 Å². The second kappa shape index (κ2) is 11.7. The summed E-state index contributed by atoms with van der Waals surface area (Å²) >= 11 is 0. The zero-order valence-corrected chi connectivity index (χ0v) is 17.8. The molecule has 4 heteroatoms. The fraction of sp³-hybridized carbons (Fsp3) is 0.739. The first-order valence-corrected chi connectivity index (χ1v) is 11.0. The summed E-state index contributed by atoms with van der Waals surface area (Å²) in [5.74, 6) is 0. The van der Waals surface area contributed by atoms with Crippen LogP contribution in [0, 0.1) is 0 Å². The van der Waals surface area contributed by atoms with Crippen molar-refractivity contribution in [2.45, 2.75) is 110 Å². The lowest BCUT2D eigenvalue weighted by Crippen LogP contribution is -2.47. The highest BCUT2D eigenvalue weighted by atomic mass is 19.6. The van der Waals surface area contributed by atoms with Gasteiger partial charge in [0.1, 0.15) is 0 Å². The maximum atomic E-state index is 14.5. The molecule has 0 aliphatic carbocycles. The van der Waals surface area contributed by atoms with Crippen molar-refractivity contribution in [1.29, 1.82) is 0 Å². The van der Waals surface area contributed by atoms with Crippen molar-refractivity contribution >= 4 is 0 Å². The fourth-order valence-electron chi connectivity index (χ4n) is 4.04. The van der Waals surface area contributed by atoms with E-state index in [1.807, 2.05) is 19.9 Å². The first kappa shape index (κ1) is 24.0. The Bertz CT molecular complexity index is 529. The van der Waals surface area contributed by atoms with Gasteiger partial charge in [0.15, 0.2) is 0 Å². The average Bonchev–Trinajstić information content (AvgIpc) is 2.64. The van der Waals surface area contributed by atoms with Gasteiger partial charge < -0.3 is 0 Å². The van der Waals surface area contributed by atoms with Gasteiger partial charge in [-0.1, -0.05) is 71.6 Å². The van der Waals surface area contributed by atoms with Crippen molar-refractivity contribution in [2.24, 2.45) is 0 Å². The highest BCUT2D eigenvalue weighted by Gasteiger charge is 2.60. The van der Waals surface area contributed by atoms with Crippen molar-refractivity contribution in [3.05, 3.63) is 34.9 Å². The summed E-state index contributed by atoms with van der Waals surface area (Å²) < 4.78 is 43.6. The number of nitrogens with zero attached hydrogens (tertiary/aromatic N) is 1. The fourth-order valence-corrected chi connectivity index (χ4v) is 4.04. The molecule has 0 N–H and O–H groups in total. The quantitative estimate of drug-likeness (QED) is 0.281. The normalized spacial score (nSPS) is 12.6. The molecule has 0 aliphatic rings. The molecule has 27 heavy (non-hydrogen) atoms. The Morgan fingerprint density at radius 3 is 1.74 bits per heavy atom. The van der Waals surface area contributed by atoms with Gasteiger partial charge in [0, 0.05) is 18.4 Å². The maximum Gasteiger partial charge on any atom is 0.254 e. The van der Waals surface area contributed by atoms with Gasteiger partial charge in [0.25, 0.3) is 5.15 Å². The average molecular weight is 387 g/mol. The van der Waals surface area contributed by atoms with E-state index in [1.165, 1.54) is 0 Å². The number of benzene rings is 1. The van der Waals surface area contributed by atoms with Gasteiger partial charge >= 0.3 is 0 Å². The Hall–Kier alpha value is -1.03. The van der Waals surface area contributed by atoms with E-state index in [2.05, 4.69) is 19.9 Å². The first-order valence-electron chi connectivity index (χ1n) is 11.0. The van der Waals surface area contributed by atoms with Gasteiger partial charge in [0.05, 0.1) is 13.4 Å². The molecule has 0 fully saturated rings. The third-order valence-corrected chi connectivity index (χ3v) is 5.73. The summed E-state index contributed by atoms with van der Waals surface area (Å²) in [6.07, 6.45) is 8.81. The minimum atomic E-state index is -3.46. The summed E-state index contributed by atoms with van der Waals surface area (Å²) in [4.78, 5) is 0. The second-order valence-corrected chi connectivity index (χ2v) is 7.83. The summed E-state index contributed by atoms with van der Waals surface area (Å²) in [7, 11) is 0. The van der Waals surface area contributed by atoms with Crippen molar-refractivity contribution in [3.63, 3.8) is 0 Å². The number of quaternary nitrogens is 1. The number of hydrogen-bond acceptors (Lipinski definition) is 0. The molecule has 1 aromatic rings. The molecular formula is C23H39F3N+. The molecular weight excluding hydrogens is 347 g/mol. The Labute approximate surface area is 164 Å². The molecule has 0 radical (unpaired) electrons. The molecule has 0 saturated carbocycles. The Morgan fingerprint density at radius 2 is 1.26 bits per heavy atom. The molecule has 0 amide bonds. The van der Waals surface area contributed by atoms with Crippen molar-refractivity contribution in [2.75, 3.05) is 0 Å². The predicted molar refractivity (Wildman–Crippen MR) is 108 cm³/mol. The van der Waals surface area contributed by atoms with E-state index in [0.29, 0.717) is 18.4 Å². The first-order chi connectivity index (χ1) is 12.9. The van der Waals surface area contributed by atoms with E-state index < -0.39 is 10.7 Å². The van der Waals surface area contributed by atoms with Crippen LogP contribution in [0.4, 0.5) is 13.4 Å². The minimum absolute atomic E-state index is 0.184. The molecule has 1 nitrogen and oxygen atoms in total. The number of aryl methyl sites for hydroxylation is 1. The smallest absolute Gasteiger partial charge is 0.0654 e. The minimum Gasteiger partial charge on any atom is -0.0654 e. The number of unbranched alkanes of at least 4 members (excludes halogenated alkanes) is 4. The maximum absolute atomic E-state index is 14.5. The Morgan fingerprint density at radius 1 is 0.741 bits per heavy atom. The van der Waals surface area contributed by atoms with Crippen LogP contribution >= 0.6 is 0 Å². The van der Waals surface area contributed by atoms with Crippen LogP contribution in [0.15, 0.2) is 18.2 Å². The van der Waals surface area contributed by atoms with Gasteiger partial charge in [-0.05, 0) is 49.7 Å². The lowest BCUT2D eigenvalue weighted by atomic mass is 9.76. The molecule has 0 aromatic heterocycles. The molecule has 156 valence electrons. The van der Waals surface area contributed by atoms with Crippen molar-refractivity contribution in [1.82, 2.24) is 0 Å². The predicted octanol–water partition coefficient (Wildman–Crippen LogP) is 8.42. The molecule has 1 rings (SSSR count). The Balaban J connectivity index is 3.56. The topological polar surface area (TPSA) is 0 Å². The summed E-state index contributed by atoms with van der Waals surface area (Å²) in [6.45, 7) is 8.19. The molecule has 0 aliphatic heterocycles. The van der Waals surface area contributed by atoms with Gasteiger partial charge in [-0.25, -0.2) is 0 Å². The Kier molecular flexibility index (Phi) is 10.4. The molecule has 0 atom stereocenters. The molecule has 0 spiro atoms. The molecule has 1 aromatic carbocycles. The molecule has 0 bridgehead atoms. The van der Waals surface area contributed by atoms with E-state index >= 15 is 0 Å². The van der Waals surface area contributed by atoms with Gasteiger partial charge in [-0.3, -0.25) is 0 Å². The highest BCUT2D eigenvalue weighted by molar-refractivity contribution is 5.39. The SMILES string of the molecule is CCCCc1cccc(C(CCCC)(CCCC)[N+](F)(F)F)c1CCCC. The highest BCUT2D eigenvalue weighted by Crippen LogP contribution is 2.48. The largest absolute Gasteiger partial charge is 0.254 e. The zero-order chi connectivity index (χ0) is 20.3. The number of rotatable bonds is 14. The zero-order valence-electron chi connectivity index (χ0n) is 17.8. The van der Waals surface area contributed by atoms with Crippen LogP contribution in [-0.4, -0.2) is 5.15 Å². The third kappa shape index (κ3) is 6.23. The number of halogens is 3. The van der Waals surface area contributed by atoms with Crippen LogP contribution in [0.5, 0.6) is 0 Å². The summed E-state index contributed by atoms with van der Waals surface area (Å²) in [6, 6.07) is 5.69. The van der Waals surface area contributed by atoms with E-state index in [0.717, 1.165) is 62.5 Å². The van der Waals surface area contributed by atoms with E-state index in [1.54, 1.807) is 6.07 Å². The standard InChI is InChI=1S/C23H39F3N/c1-5-9-14-20-15-13-17-22(21(20)16-10-6-2)23(18-11-7-3,19-12-8-4)27(24,25)26/h13,15,17H,5-12,14,16,18-19H2,1-4H3/q+1. The van der Waals surface area contributed by atoms with Crippen molar-refractivity contribution < 1.29 is 18.6 Å². The number of hydrogen-bond donors (Lipinski definition) is 0. The lowest BCUT2D eigenvalue weighted by molar-refractivity contribution is -1.30. The third-order valence-electron chi connectivity index (χ3n) is 5.73. The van der Waals surface area contributed by atoms with E-state index in [4.69, 9.17) is 0 Å². The summed E-state index contributed by atoms with van der Waals surface area (Å²) in [5, 5.41) is -3.46. The van der Waals surface area contributed by atoms with Crippen LogP contribution in [0.2, 0.25) is 0 Å². The lowest BCUT2D eigenvalue weighted by Gasteiger charge is -2.33. The molecule has 0 saturated heterocycles. The van der Waals surface area contributed by atoms with Gasteiger partial charge in [-0.15, -0.1) is 0 Å². The van der Waals surface area contributed by atoms with E-state index in [-0.39, 0.29) is 12.8 Å². The van der Waals surface area contributed by atoms with Crippen molar-refractivity contribution in [3.8, 4) is 0 Å². The van der Waals surface area contributed by atoms with Crippen LogP contribution in [0.1, 0.15) is 109 Å². The van der Waals surface area contributed by atoms with Crippen LogP contribution in [0.3, 0.4) is 0 Å². The van der Waals surface area contributed by atoms with Gasteiger partial charge in [-0.2, -0.15) is 0 Å². The van der Waals surface area contributed by atoms with E-state index in [9.17, 15) is 13.4 Å². The van der Waals surface area contributed by atoms with Gasteiger partial charge in [0.2, 0.25) is 5.54 Å². The van der Waals surface area contributed by atoms with Crippen LogP contribution in [0.25, 0.3) is 0 Å². The molecule has 0 heterocycles. The molecule has 0 unspecified atom stereocenters. The second-order valence-electron chi connectivity index (χ2n) is 7.83. The monoisotopic (exact) mass is 386 g/mol. The summed E-state index contributed by atoms with van der Waals surface area (Å²) in [5.41, 5.74) is 0.917. The van der Waals surface area contributed by atoms with Crippen LogP contribution < -0.4 is 0 Å².